The first-order valence-corrected chi connectivity index (χ1v) is 15.7. The molecule has 5 aromatic rings. The Labute approximate surface area is 255 Å². The van der Waals surface area contributed by atoms with E-state index < -0.39 is 0 Å². The summed E-state index contributed by atoms with van der Waals surface area (Å²) in [5, 5.41) is 0. The zero-order valence-corrected chi connectivity index (χ0v) is 25.3. The molecule has 2 heterocycles. The van der Waals surface area contributed by atoms with Crippen LogP contribution in [-0.4, -0.2) is 12.8 Å². The fourth-order valence-corrected chi connectivity index (χ4v) is 9.34. The summed E-state index contributed by atoms with van der Waals surface area (Å²) in [6.45, 7) is 10.1. The zero-order chi connectivity index (χ0) is 29.1. The first-order chi connectivity index (χ1) is 20.9. The highest BCUT2D eigenvalue weighted by atomic mass is 15.2. The molecule has 43 heavy (non-hydrogen) atoms. The van der Waals surface area contributed by atoms with Crippen LogP contribution in [-0.2, 0) is 10.8 Å². The molecule has 2 nitrogen and oxygen atoms in total. The van der Waals surface area contributed by atoms with Crippen LogP contribution in [0.4, 0.5) is 22.7 Å². The molecule has 0 N–H and O–H groups in total. The first-order valence-electron chi connectivity index (χ1n) is 15.7. The molecule has 0 saturated heterocycles. The van der Waals surface area contributed by atoms with Crippen molar-refractivity contribution in [2.24, 2.45) is 0 Å². The highest BCUT2D eigenvalue weighted by Crippen LogP contribution is 2.61. The van der Waals surface area contributed by atoms with E-state index in [1.165, 1.54) is 61.6 Å². The van der Waals surface area contributed by atoms with Crippen molar-refractivity contribution in [2.75, 3.05) is 9.80 Å². The summed E-state index contributed by atoms with van der Waals surface area (Å²) in [5.41, 5.74) is 15.2. The molecule has 5 aromatic carbocycles. The van der Waals surface area contributed by atoms with Crippen LogP contribution in [0.15, 0.2) is 133 Å². The van der Waals surface area contributed by atoms with Gasteiger partial charge in [-0.2, -0.15) is 0 Å². The molecule has 0 saturated carbocycles. The Bertz CT molecular complexity index is 1960. The van der Waals surface area contributed by atoms with E-state index in [0.29, 0.717) is 5.82 Å². The fourth-order valence-electron chi connectivity index (χ4n) is 9.34. The van der Waals surface area contributed by atoms with E-state index >= 15 is 0 Å². The quantitative estimate of drug-likeness (QED) is 0.201. The van der Waals surface area contributed by atoms with Crippen LogP contribution in [0.3, 0.4) is 0 Å². The van der Waals surface area contributed by atoms with Gasteiger partial charge in [0.15, 0.2) is 0 Å². The molecule has 3 heteroatoms. The van der Waals surface area contributed by atoms with E-state index in [1.54, 1.807) is 0 Å². The second-order valence-corrected chi connectivity index (χ2v) is 13.8. The van der Waals surface area contributed by atoms with Gasteiger partial charge in [0, 0.05) is 45.3 Å². The van der Waals surface area contributed by atoms with Crippen molar-refractivity contribution in [1.29, 1.82) is 0 Å². The van der Waals surface area contributed by atoms with E-state index in [2.05, 4.69) is 165 Å². The van der Waals surface area contributed by atoms with E-state index in [4.69, 9.17) is 0 Å². The monoisotopic (exact) mass is 554 g/mol. The number of fused-ring (bicyclic) bond motifs is 7. The predicted octanol–water partition coefficient (Wildman–Crippen LogP) is 8.92. The number of hydrogen-bond acceptors (Lipinski definition) is 2. The SMILES string of the molecule is CC1(C)C2=C(B3c4c(cccc4N(c4ccccc4)C4C3c3ccccc3C4(C)C)N2c2ccccc2)c2ccccc21. The normalized spacial score (nSPS) is 21.6. The zero-order valence-electron chi connectivity index (χ0n) is 25.3. The lowest BCUT2D eigenvalue weighted by atomic mass is 9.27. The number of benzene rings is 5. The highest BCUT2D eigenvalue weighted by molar-refractivity contribution is 6.94. The van der Waals surface area contributed by atoms with Gasteiger partial charge in [0.05, 0.1) is 0 Å². The Kier molecular flexibility index (Phi) is 4.97. The second-order valence-electron chi connectivity index (χ2n) is 13.8. The van der Waals surface area contributed by atoms with Gasteiger partial charge < -0.3 is 9.80 Å². The molecule has 9 rings (SSSR count). The molecule has 0 radical (unpaired) electrons. The van der Waals surface area contributed by atoms with Crippen LogP contribution >= 0.6 is 0 Å². The van der Waals surface area contributed by atoms with Crippen molar-refractivity contribution in [2.45, 2.75) is 50.4 Å². The molecule has 2 aliphatic heterocycles. The summed E-state index contributed by atoms with van der Waals surface area (Å²) >= 11 is 0. The molecule has 0 spiro atoms. The van der Waals surface area contributed by atoms with Crippen molar-refractivity contribution < 1.29 is 0 Å². The van der Waals surface area contributed by atoms with Crippen molar-refractivity contribution in [1.82, 2.24) is 0 Å². The molecule has 0 bridgehead atoms. The van der Waals surface area contributed by atoms with Gasteiger partial charge in [0.1, 0.15) is 0 Å². The molecular weight excluding hydrogens is 519 g/mol. The summed E-state index contributed by atoms with van der Waals surface area (Å²) in [5.74, 6) is 0.310. The van der Waals surface area contributed by atoms with Gasteiger partial charge in [-0.05, 0) is 75.4 Å². The summed E-state index contributed by atoms with van der Waals surface area (Å²) in [7, 11) is 0. The van der Waals surface area contributed by atoms with Gasteiger partial charge >= 0.3 is 0 Å². The minimum absolute atomic E-state index is 0.0459. The molecule has 2 atom stereocenters. The fraction of sp³-hybridized carbons (Fsp3) is 0.200. The van der Waals surface area contributed by atoms with Crippen LogP contribution < -0.4 is 15.3 Å². The number of rotatable bonds is 2. The Morgan fingerprint density at radius 3 is 1.93 bits per heavy atom. The van der Waals surface area contributed by atoms with Gasteiger partial charge in [-0.1, -0.05) is 119 Å². The van der Waals surface area contributed by atoms with Gasteiger partial charge in [-0.15, -0.1) is 0 Å². The first kappa shape index (κ1) is 25.0. The van der Waals surface area contributed by atoms with Crippen molar-refractivity contribution in [3.05, 3.63) is 155 Å². The van der Waals surface area contributed by atoms with Gasteiger partial charge in [-0.3, -0.25) is 0 Å². The van der Waals surface area contributed by atoms with Crippen LogP contribution in [0.5, 0.6) is 0 Å². The molecule has 2 unspecified atom stereocenters. The molecule has 208 valence electrons. The van der Waals surface area contributed by atoms with Gasteiger partial charge in [0.2, 0.25) is 6.71 Å². The molecule has 0 aromatic heterocycles. The standard InChI is InChI=1S/C40H35BN2/c1-39(2)30-22-13-11-20-28(30)34-37(39)42(26-16-7-5-8-17-26)32-24-15-25-33-36(32)41(34)35-29-21-12-14-23-31(29)40(3,4)38(35)43(33)27-18-9-6-10-19-27/h5-25,34,37H,1-4H3. The lowest BCUT2D eigenvalue weighted by Crippen LogP contribution is -2.60. The Hall–Kier alpha value is -4.50. The lowest BCUT2D eigenvalue weighted by molar-refractivity contribution is 0.427. The molecule has 4 aliphatic rings. The van der Waals surface area contributed by atoms with E-state index in [-0.39, 0.29) is 23.6 Å². The Morgan fingerprint density at radius 2 is 1.19 bits per heavy atom. The summed E-state index contributed by atoms with van der Waals surface area (Å²) in [6.07, 6.45) is 0. The molecule has 2 aliphatic carbocycles. The van der Waals surface area contributed by atoms with Crippen molar-refractivity contribution >= 4 is 40.4 Å². The third-order valence-corrected chi connectivity index (χ3v) is 10.9. The topological polar surface area (TPSA) is 6.48 Å². The molecular formula is C40H35BN2. The van der Waals surface area contributed by atoms with Crippen LogP contribution in [0.1, 0.15) is 55.8 Å². The lowest BCUT2D eigenvalue weighted by Gasteiger charge is -2.52. The third-order valence-electron chi connectivity index (χ3n) is 10.9. The summed E-state index contributed by atoms with van der Waals surface area (Å²) < 4.78 is 0. The van der Waals surface area contributed by atoms with Gasteiger partial charge in [-0.25, -0.2) is 0 Å². The number of nitrogens with zero attached hydrogens (tertiary/aromatic N) is 2. The summed E-state index contributed by atoms with van der Waals surface area (Å²) in [4.78, 5) is 5.29. The van der Waals surface area contributed by atoms with E-state index in [9.17, 15) is 0 Å². The van der Waals surface area contributed by atoms with E-state index in [1.807, 2.05) is 0 Å². The smallest absolute Gasteiger partial charge is 0.227 e. The average molecular weight is 555 g/mol. The minimum atomic E-state index is -0.144. The maximum atomic E-state index is 2.70. The Morgan fingerprint density at radius 1 is 0.581 bits per heavy atom. The minimum Gasteiger partial charge on any atom is -0.338 e. The predicted molar refractivity (Wildman–Crippen MR) is 181 cm³/mol. The largest absolute Gasteiger partial charge is 0.338 e. The number of anilines is 4. The van der Waals surface area contributed by atoms with Gasteiger partial charge in [0.25, 0.3) is 0 Å². The average Bonchev–Trinajstić information content (AvgIpc) is 3.42. The van der Waals surface area contributed by atoms with Crippen LogP contribution in [0.2, 0.25) is 0 Å². The molecule has 0 amide bonds. The summed E-state index contributed by atoms with van der Waals surface area (Å²) in [6, 6.07) is 48.0. The van der Waals surface area contributed by atoms with Crippen molar-refractivity contribution in [3.8, 4) is 0 Å². The number of para-hydroxylation sites is 2. The maximum Gasteiger partial charge on any atom is 0.227 e. The number of hydrogen-bond donors (Lipinski definition) is 0. The highest BCUT2D eigenvalue weighted by Gasteiger charge is 2.61. The third kappa shape index (κ3) is 3.10. The maximum absolute atomic E-state index is 2.70. The van der Waals surface area contributed by atoms with Crippen LogP contribution in [0, 0.1) is 0 Å². The second kappa shape index (κ2) is 8.54. The Balaban J connectivity index is 1.44. The van der Waals surface area contributed by atoms with E-state index in [0.717, 1.165) is 0 Å². The molecule has 0 fully saturated rings. The number of allylic oxidation sites excluding steroid dienone is 1. The van der Waals surface area contributed by atoms with Crippen molar-refractivity contribution in [3.63, 3.8) is 0 Å². The van der Waals surface area contributed by atoms with Crippen LogP contribution in [0.25, 0.3) is 5.47 Å².